The van der Waals surface area contributed by atoms with Crippen molar-refractivity contribution in [2.45, 2.75) is 38.9 Å². The van der Waals surface area contributed by atoms with Crippen molar-refractivity contribution in [3.63, 3.8) is 0 Å². The third-order valence-corrected chi connectivity index (χ3v) is 3.56. The predicted molar refractivity (Wildman–Crippen MR) is 77.9 cm³/mol. The molecule has 1 fully saturated rings. The highest BCUT2D eigenvalue weighted by Crippen LogP contribution is 2.15. The van der Waals surface area contributed by atoms with Crippen LogP contribution < -0.4 is 4.74 Å². The molecule has 1 aromatic carbocycles. The maximum Gasteiger partial charge on any atom is 0.223 e. The predicted octanol–water partition coefficient (Wildman–Crippen LogP) is 2.26. The van der Waals surface area contributed by atoms with Gasteiger partial charge in [0.1, 0.15) is 5.75 Å². The van der Waals surface area contributed by atoms with Crippen molar-refractivity contribution in [1.82, 2.24) is 4.90 Å². The van der Waals surface area contributed by atoms with Crippen molar-refractivity contribution in [2.24, 2.45) is 0 Å². The van der Waals surface area contributed by atoms with Crippen LogP contribution in [0.5, 0.6) is 5.75 Å². The zero-order chi connectivity index (χ0) is 14.5. The molecule has 20 heavy (non-hydrogen) atoms. The quantitative estimate of drug-likeness (QED) is 0.847. The Kier molecular flexibility index (Phi) is 5.01. The fourth-order valence-corrected chi connectivity index (χ4v) is 2.58. The van der Waals surface area contributed by atoms with Gasteiger partial charge in [-0.2, -0.15) is 0 Å². The van der Waals surface area contributed by atoms with Gasteiger partial charge in [0.15, 0.2) is 0 Å². The van der Waals surface area contributed by atoms with Crippen LogP contribution in [0.25, 0.3) is 0 Å². The number of carbonyl (C=O) groups excluding carboxylic acids is 1. The highest BCUT2D eigenvalue weighted by molar-refractivity contribution is 5.76. The fraction of sp³-hybridized carbons (Fsp3) is 0.562. The van der Waals surface area contributed by atoms with E-state index in [9.17, 15) is 4.79 Å². The summed E-state index contributed by atoms with van der Waals surface area (Å²) in [6.07, 6.45) is 1.57. The third-order valence-electron chi connectivity index (χ3n) is 3.56. The van der Waals surface area contributed by atoms with Gasteiger partial charge < -0.3 is 14.4 Å². The van der Waals surface area contributed by atoms with Gasteiger partial charge in [-0.15, -0.1) is 0 Å². The lowest BCUT2D eigenvalue weighted by Gasteiger charge is -2.35. The van der Waals surface area contributed by atoms with E-state index in [0.29, 0.717) is 19.5 Å². The molecule has 0 aromatic heterocycles. The van der Waals surface area contributed by atoms with Crippen LogP contribution in [0.4, 0.5) is 0 Å². The van der Waals surface area contributed by atoms with Crippen LogP contribution in [-0.2, 0) is 16.0 Å². The largest absolute Gasteiger partial charge is 0.497 e. The van der Waals surface area contributed by atoms with Gasteiger partial charge in [0.05, 0.1) is 19.3 Å². The van der Waals surface area contributed by atoms with Crippen LogP contribution in [0.3, 0.4) is 0 Å². The Morgan fingerprint density at radius 3 is 2.40 bits per heavy atom. The summed E-state index contributed by atoms with van der Waals surface area (Å²) >= 11 is 0. The van der Waals surface area contributed by atoms with Crippen LogP contribution in [0.2, 0.25) is 0 Å². The van der Waals surface area contributed by atoms with Crippen molar-refractivity contribution in [2.75, 3.05) is 20.2 Å². The van der Waals surface area contributed by atoms with Crippen molar-refractivity contribution < 1.29 is 14.3 Å². The van der Waals surface area contributed by atoms with E-state index in [0.717, 1.165) is 17.7 Å². The molecule has 4 nitrogen and oxygen atoms in total. The van der Waals surface area contributed by atoms with Gasteiger partial charge in [0.2, 0.25) is 5.91 Å². The Bertz CT molecular complexity index is 434. The molecule has 0 saturated carbocycles. The van der Waals surface area contributed by atoms with Crippen LogP contribution in [0.15, 0.2) is 24.3 Å². The molecule has 2 rings (SSSR count). The third kappa shape index (κ3) is 3.97. The molecule has 1 aromatic rings. The number of carbonyl (C=O) groups is 1. The highest BCUT2D eigenvalue weighted by atomic mass is 16.5. The first-order chi connectivity index (χ1) is 9.58. The van der Waals surface area contributed by atoms with E-state index in [4.69, 9.17) is 9.47 Å². The Labute approximate surface area is 120 Å². The average Bonchev–Trinajstić information content (AvgIpc) is 2.44. The van der Waals surface area contributed by atoms with Gasteiger partial charge in [0.25, 0.3) is 0 Å². The number of aryl methyl sites for hydroxylation is 1. The average molecular weight is 277 g/mol. The van der Waals surface area contributed by atoms with E-state index < -0.39 is 0 Å². The molecule has 1 amide bonds. The van der Waals surface area contributed by atoms with E-state index >= 15 is 0 Å². The Morgan fingerprint density at radius 2 is 1.85 bits per heavy atom. The van der Waals surface area contributed by atoms with Crippen LogP contribution in [-0.4, -0.2) is 43.2 Å². The van der Waals surface area contributed by atoms with Gasteiger partial charge in [-0.3, -0.25) is 4.79 Å². The molecule has 2 atom stereocenters. The maximum atomic E-state index is 12.2. The van der Waals surface area contributed by atoms with E-state index in [1.165, 1.54) is 0 Å². The molecule has 1 aliphatic heterocycles. The number of rotatable bonds is 4. The maximum absolute atomic E-state index is 12.2. The zero-order valence-electron chi connectivity index (χ0n) is 12.5. The van der Waals surface area contributed by atoms with E-state index in [1.54, 1.807) is 7.11 Å². The Morgan fingerprint density at radius 1 is 1.25 bits per heavy atom. The fourth-order valence-electron chi connectivity index (χ4n) is 2.58. The minimum Gasteiger partial charge on any atom is -0.497 e. The van der Waals surface area contributed by atoms with Crippen molar-refractivity contribution in [1.29, 1.82) is 0 Å². The molecular weight excluding hydrogens is 254 g/mol. The molecule has 1 saturated heterocycles. The lowest BCUT2D eigenvalue weighted by atomic mass is 10.1. The first-order valence-corrected chi connectivity index (χ1v) is 7.14. The van der Waals surface area contributed by atoms with Crippen molar-refractivity contribution >= 4 is 5.91 Å². The van der Waals surface area contributed by atoms with E-state index in [2.05, 4.69) is 0 Å². The van der Waals surface area contributed by atoms with Gasteiger partial charge >= 0.3 is 0 Å². The highest BCUT2D eigenvalue weighted by Gasteiger charge is 2.25. The summed E-state index contributed by atoms with van der Waals surface area (Å²) < 4.78 is 10.8. The summed E-state index contributed by atoms with van der Waals surface area (Å²) in [6, 6.07) is 7.88. The molecule has 0 unspecified atom stereocenters. The first-order valence-electron chi connectivity index (χ1n) is 7.14. The second kappa shape index (κ2) is 6.75. The van der Waals surface area contributed by atoms with Gasteiger partial charge in [-0.1, -0.05) is 12.1 Å². The summed E-state index contributed by atoms with van der Waals surface area (Å²) in [5.41, 5.74) is 1.16. The number of hydrogen-bond donors (Lipinski definition) is 0. The number of nitrogens with zero attached hydrogens (tertiary/aromatic N) is 1. The van der Waals surface area contributed by atoms with Crippen LogP contribution in [0, 0.1) is 0 Å². The summed E-state index contributed by atoms with van der Waals surface area (Å²) in [5, 5.41) is 0. The monoisotopic (exact) mass is 277 g/mol. The first kappa shape index (κ1) is 14.9. The number of hydrogen-bond acceptors (Lipinski definition) is 3. The molecule has 0 N–H and O–H groups in total. The summed E-state index contributed by atoms with van der Waals surface area (Å²) in [4.78, 5) is 14.2. The topological polar surface area (TPSA) is 38.8 Å². The van der Waals surface area contributed by atoms with E-state index in [-0.39, 0.29) is 18.1 Å². The molecule has 1 heterocycles. The second-order valence-corrected chi connectivity index (χ2v) is 5.40. The Balaban J connectivity index is 1.84. The molecule has 0 aliphatic carbocycles. The lowest BCUT2D eigenvalue weighted by Crippen LogP contribution is -2.48. The van der Waals surface area contributed by atoms with Crippen LogP contribution >= 0.6 is 0 Å². The number of ether oxygens (including phenoxy) is 2. The van der Waals surface area contributed by atoms with Crippen molar-refractivity contribution in [3.05, 3.63) is 29.8 Å². The molecule has 1 aliphatic rings. The molecule has 0 radical (unpaired) electrons. The van der Waals surface area contributed by atoms with Gasteiger partial charge in [-0.05, 0) is 38.0 Å². The molecule has 4 heteroatoms. The van der Waals surface area contributed by atoms with E-state index in [1.807, 2.05) is 43.0 Å². The molecular formula is C16H23NO3. The number of morpholine rings is 1. The summed E-state index contributed by atoms with van der Waals surface area (Å²) in [7, 11) is 1.65. The van der Waals surface area contributed by atoms with Gasteiger partial charge in [0, 0.05) is 19.5 Å². The molecule has 110 valence electrons. The number of benzene rings is 1. The summed E-state index contributed by atoms with van der Waals surface area (Å²) in [5.74, 6) is 1.05. The SMILES string of the molecule is COc1ccc(CCC(=O)N2C[C@@H](C)O[C@H](C)C2)cc1. The van der Waals surface area contributed by atoms with Crippen LogP contribution in [0.1, 0.15) is 25.8 Å². The normalized spacial score (nSPS) is 22.6. The minimum atomic E-state index is 0.128. The number of amides is 1. The minimum absolute atomic E-state index is 0.128. The lowest BCUT2D eigenvalue weighted by molar-refractivity contribution is -0.143. The standard InChI is InChI=1S/C16H23NO3/c1-12-10-17(11-13(2)20-12)16(18)9-6-14-4-7-15(19-3)8-5-14/h4-5,7-8,12-13H,6,9-11H2,1-3H3/t12-,13-/m1/s1. The van der Waals surface area contributed by atoms with Crippen molar-refractivity contribution in [3.8, 4) is 5.75 Å². The second-order valence-electron chi connectivity index (χ2n) is 5.40. The Hall–Kier alpha value is -1.55. The summed E-state index contributed by atoms with van der Waals surface area (Å²) in [6.45, 7) is 5.43. The smallest absolute Gasteiger partial charge is 0.223 e. The molecule has 0 spiro atoms. The van der Waals surface area contributed by atoms with Gasteiger partial charge in [-0.25, -0.2) is 0 Å². The number of methoxy groups -OCH3 is 1. The zero-order valence-corrected chi connectivity index (χ0v) is 12.5. The molecule has 0 bridgehead atoms.